The van der Waals surface area contributed by atoms with Crippen molar-refractivity contribution in [1.29, 1.82) is 0 Å². The number of amides is 1. The predicted molar refractivity (Wildman–Crippen MR) is 113 cm³/mol. The van der Waals surface area contributed by atoms with Crippen LogP contribution in [0, 0.1) is 5.92 Å². The van der Waals surface area contributed by atoms with E-state index in [0.29, 0.717) is 37.7 Å². The second-order valence-electron chi connectivity index (χ2n) is 7.57. The first-order valence-corrected chi connectivity index (χ1v) is 11.0. The van der Waals surface area contributed by atoms with Crippen molar-refractivity contribution in [3.63, 3.8) is 0 Å². The van der Waals surface area contributed by atoms with Gasteiger partial charge < -0.3 is 15.0 Å². The van der Waals surface area contributed by atoms with Crippen LogP contribution >= 0.6 is 11.3 Å². The van der Waals surface area contributed by atoms with Gasteiger partial charge in [0, 0.05) is 37.0 Å². The van der Waals surface area contributed by atoms with Crippen LogP contribution in [0.2, 0.25) is 0 Å². The first-order chi connectivity index (χ1) is 14.5. The molecular formula is C20H25N5O4S. The summed E-state index contributed by atoms with van der Waals surface area (Å²) in [6.45, 7) is 3.54. The molecule has 2 aromatic heterocycles. The number of ether oxygens (including phenoxy) is 1. The first kappa shape index (κ1) is 20.5. The molecule has 1 aliphatic carbocycles. The molecule has 1 fully saturated rings. The third kappa shape index (κ3) is 4.09. The molecule has 0 spiro atoms. The lowest BCUT2D eigenvalue weighted by atomic mass is 9.96. The minimum atomic E-state index is -0.320. The molecule has 1 amide bonds. The Bertz CT molecular complexity index is 1010. The van der Waals surface area contributed by atoms with Crippen molar-refractivity contribution >= 4 is 34.2 Å². The quantitative estimate of drug-likeness (QED) is 0.718. The number of hydrogen-bond acceptors (Lipinski definition) is 8. The van der Waals surface area contributed by atoms with Crippen molar-refractivity contribution in [1.82, 2.24) is 14.8 Å². The fraction of sp³-hybridized carbons (Fsp3) is 0.550. The largest absolute Gasteiger partial charge is 0.465 e. The molecule has 0 unspecified atom stereocenters. The summed E-state index contributed by atoms with van der Waals surface area (Å²) in [5.74, 6) is 0.0483. The van der Waals surface area contributed by atoms with E-state index in [4.69, 9.17) is 4.74 Å². The van der Waals surface area contributed by atoms with Gasteiger partial charge in [0.25, 0.3) is 5.56 Å². The van der Waals surface area contributed by atoms with E-state index in [1.165, 1.54) is 22.1 Å². The summed E-state index contributed by atoms with van der Waals surface area (Å²) in [6.07, 6.45) is 2.91. The van der Waals surface area contributed by atoms with Crippen LogP contribution in [0.15, 0.2) is 16.9 Å². The van der Waals surface area contributed by atoms with Gasteiger partial charge in [0.15, 0.2) is 5.13 Å². The zero-order chi connectivity index (χ0) is 21.3. The molecule has 2 aliphatic rings. The van der Waals surface area contributed by atoms with Crippen LogP contribution < -0.4 is 15.8 Å². The van der Waals surface area contributed by atoms with Gasteiger partial charge in [-0.25, -0.2) is 9.67 Å². The molecule has 1 saturated heterocycles. The number of piperidine rings is 1. The zero-order valence-electron chi connectivity index (χ0n) is 17.1. The Labute approximate surface area is 178 Å². The number of nitrogens with zero attached hydrogens (tertiary/aromatic N) is 4. The third-order valence-corrected chi connectivity index (χ3v) is 6.70. The van der Waals surface area contributed by atoms with Gasteiger partial charge in [0.1, 0.15) is 11.7 Å². The van der Waals surface area contributed by atoms with E-state index in [2.05, 4.69) is 20.3 Å². The van der Waals surface area contributed by atoms with Gasteiger partial charge in [-0.3, -0.25) is 14.4 Å². The number of thiazole rings is 1. The Balaban J connectivity index is 1.34. The van der Waals surface area contributed by atoms with Crippen LogP contribution in [0.25, 0.3) is 0 Å². The fourth-order valence-corrected chi connectivity index (χ4v) is 5.03. The summed E-state index contributed by atoms with van der Waals surface area (Å²) in [5, 5.41) is 7.78. The Hall–Kier alpha value is -2.75. The average Bonchev–Trinajstić information content (AvgIpc) is 3.30. The summed E-state index contributed by atoms with van der Waals surface area (Å²) in [7, 11) is 1.63. The molecule has 0 radical (unpaired) electrons. The smallest absolute Gasteiger partial charge is 0.315 e. The van der Waals surface area contributed by atoms with Crippen molar-refractivity contribution in [3.8, 4) is 0 Å². The highest BCUT2D eigenvalue weighted by atomic mass is 32.1. The van der Waals surface area contributed by atoms with Crippen LogP contribution in [0.4, 0.5) is 10.9 Å². The van der Waals surface area contributed by atoms with E-state index in [0.717, 1.165) is 29.2 Å². The lowest BCUT2D eigenvalue weighted by Gasteiger charge is -2.31. The molecular weight excluding hydrogens is 406 g/mol. The standard InChI is InChI=1S/C20H25N5O4S/c1-3-29-19(28)13-4-5-14-17(13)21-20(30-14)22-18(27)12-8-10-25(11-9-12)15-6-7-16(26)24(2)23-15/h6-7,12-13H,3-5,8-11H2,1-2H3,(H,21,22,27)/t13-/m1/s1. The highest BCUT2D eigenvalue weighted by molar-refractivity contribution is 7.16. The number of fused-ring (bicyclic) bond motifs is 1. The maximum absolute atomic E-state index is 12.7. The number of aryl methyl sites for hydroxylation is 2. The lowest BCUT2D eigenvalue weighted by Crippen LogP contribution is -2.39. The Kier molecular flexibility index (Phi) is 5.85. The van der Waals surface area contributed by atoms with Crippen molar-refractivity contribution in [2.24, 2.45) is 13.0 Å². The minimum absolute atomic E-state index is 0.0387. The van der Waals surface area contributed by atoms with Crippen LogP contribution in [0.5, 0.6) is 0 Å². The second kappa shape index (κ2) is 8.55. The minimum Gasteiger partial charge on any atom is -0.465 e. The molecule has 10 heteroatoms. The van der Waals surface area contributed by atoms with Crippen molar-refractivity contribution in [2.45, 2.75) is 38.5 Å². The topological polar surface area (TPSA) is 106 Å². The van der Waals surface area contributed by atoms with Crippen molar-refractivity contribution in [3.05, 3.63) is 33.1 Å². The van der Waals surface area contributed by atoms with Gasteiger partial charge in [0.2, 0.25) is 5.91 Å². The van der Waals surface area contributed by atoms with E-state index >= 15 is 0 Å². The van der Waals surface area contributed by atoms with Crippen LogP contribution in [-0.4, -0.2) is 46.3 Å². The molecule has 0 aromatic carbocycles. The first-order valence-electron chi connectivity index (χ1n) is 10.2. The van der Waals surface area contributed by atoms with Gasteiger partial charge >= 0.3 is 5.97 Å². The molecule has 4 rings (SSSR count). The second-order valence-corrected chi connectivity index (χ2v) is 8.66. The molecule has 1 atom stereocenters. The van der Waals surface area contributed by atoms with E-state index in [1.54, 1.807) is 20.0 Å². The van der Waals surface area contributed by atoms with E-state index in [9.17, 15) is 14.4 Å². The number of aromatic nitrogens is 3. The molecule has 0 bridgehead atoms. The van der Waals surface area contributed by atoms with Gasteiger partial charge in [-0.05, 0) is 38.7 Å². The van der Waals surface area contributed by atoms with Gasteiger partial charge in [-0.2, -0.15) is 5.10 Å². The molecule has 30 heavy (non-hydrogen) atoms. The summed E-state index contributed by atoms with van der Waals surface area (Å²) >= 11 is 1.45. The molecule has 2 aromatic rings. The number of nitrogens with one attached hydrogen (secondary N) is 1. The van der Waals surface area contributed by atoms with Crippen LogP contribution in [0.3, 0.4) is 0 Å². The van der Waals surface area contributed by atoms with Crippen LogP contribution in [0.1, 0.15) is 42.7 Å². The SMILES string of the molecule is CCOC(=O)[C@@H]1CCc2sc(NC(=O)C3CCN(c4ccc(=O)n(C)n4)CC3)nc21. The third-order valence-electron chi connectivity index (χ3n) is 5.66. The molecule has 3 heterocycles. The number of hydrogen-bond donors (Lipinski definition) is 1. The Morgan fingerprint density at radius 2 is 2.03 bits per heavy atom. The van der Waals surface area contributed by atoms with Gasteiger partial charge in [-0.15, -0.1) is 11.3 Å². The number of esters is 1. The normalized spacial score (nSPS) is 18.9. The van der Waals surface area contributed by atoms with Gasteiger partial charge in [-0.1, -0.05) is 0 Å². The molecule has 1 aliphatic heterocycles. The van der Waals surface area contributed by atoms with E-state index in [1.807, 2.05) is 0 Å². The number of carbonyl (C=O) groups is 2. The summed E-state index contributed by atoms with van der Waals surface area (Å²) in [6, 6.07) is 3.23. The highest BCUT2D eigenvalue weighted by Gasteiger charge is 2.34. The fourth-order valence-electron chi connectivity index (χ4n) is 3.99. The molecule has 9 nitrogen and oxygen atoms in total. The predicted octanol–water partition coefficient (Wildman–Crippen LogP) is 1.68. The number of rotatable bonds is 5. The van der Waals surface area contributed by atoms with Gasteiger partial charge in [0.05, 0.1) is 12.3 Å². The number of anilines is 2. The maximum Gasteiger partial charge on any atom is 0.315 e. The lowest BCUT2D eigenvalue weighted by molar-refractivity contribution is -0.145. The highest BCUT2D eigenvalue weighted by Crippen LogP contribution is 2.39. The monoisotopic (exact) mass is 431 g/mol. The van der Waals surface area contributed by atoms with Crippen molar-refractivity contribution in [2.75, 3.05) is 29.9 Å². The Morgan fingerprint density at radius 1 is 1.27 bits per heavy atom. The summed E-state index contributed by atoms with van der Waals surface area (Å²) < 4.78 is 6.46. The van der Waals surface area contributed by atoms with Crippen molar-refractivity contribution < 1.29 is 14.3 Å². The molecule has 160 valence electrons. The maximum atomic E-state index is 12.7. The summed E-state index contributed by atoms with van der Waals surface area (Å²) in [5.41, 5.74) is 0.609. The molecule has 0 saturated carbocycles. The zero-order valence-corrected chi connectivity index (χ0v) is 17.9. The molecule has 1 N–H and O–H groups in total. The summed E-state index contributed by atoms with van der Waals surface area (Å²) in [4.78, 5) is 44.0. The van der Waals surface area contributed by atoms with E-state index in [-0.39, 0.29) is 29.3 Å². The van der Waals surface area contributed by atoms with Crippen LogP contribution in [-0.2, 0) is 27.8 Å². The van der Waals surface area contributed by atoms with E-state index < -0.39 is 0 Å². The number of carbonyl (C=O) groups excluding carboxylic acids is 2. The Morgan fingerprint density at radius 3 is 2.73 bits per heavy atom. The average molecular weight is 432 g/mol.